The maximum absolute atomic E-state index is 11.3. The molecule has 76 valence electrons. The van der Waals surface area contributed by atoms with Crippen LogP contribution in [0.1, 0.15) is 35.8 Å². The first-order valence-corrected chi connectivity index (χ1v) is 7.18. The topological polar surface area (TPSA) is 47.3 Å². The van der Waals surface area contributed by atoms with Crippen LogP contribution in [0.3, 0.4) is 0 Å². The van der Waals surface area contributed by atoms with Crippen LogP contribution in [0.15, 0.2) is 8.89 Å². The van der Waals surface area contributed by atoms with Crippen molar-refractivity contribution in [2.24, 2.45) is 0 Å². The molecule has 0 aromatic carbocycles. The molecule has 0 spiro atoms. The molecular formula is C9H9BrO3S. The molecule has 0 amide bonds. The fourth-order valence-corrected chi connectivity index (χ4v) is 4.28. The summed E-state index contributed by atoms with van der Waals surface area (Å²) in [7, 11) is -2.93. The number of rotatable bonds is 1. The van der Waals surface area contributed by atoms with Crippen LogP contribution in [-0.2, 0) is 21.3 Å². The van der Waals surface area contributed by atoms with Crippen LogP contribution < -0.4 is 0 Å². The van der Waals surface area contributed by atoms with Gasteiger partial charge in [0, 0.05) is 11.5 Å². The second-order valence-electron chi connectivity index (χ2n) is 3.99. The molecule has 0 saturated heterocycles. The Morgan fingerprint density at radius 2 is 2.00 bits per heavy atom. The van der Waals surface area contributed by atoms with Gasteiger partial charge in [-0.25, -0.2) is 8.42 Å². The summed E-state index contributed by atoms with van der Waals surface area (Å²) in [6.45, 7) is 0. The van der Waals surface area contributed by atoms with E-state index in [1.807, 2.05) is 0 Å². The second-order valence-corrected chi connectivity index (χ2v) is 6.85. The van der Waals surface area contributed by atoms with Crippen molar-refractivity contribution in [1.82, 2.24) is 0 Å². The minimum Gasteiger partial charge on any atom is -0.463 e. The number of furan rings is 1. The third kappa shape index (κ3) is 1.26. The number of hydrogen-bond acceptors (Lipinski definition) is 3. The smallest absolute Gasteiger partial charge is 0.161 e. The number of fused-ring (bicyclic) bond motifs is 1. The van der Waals surface area contributed by atoms with Crippen molar-refractivity contribution < 1.29 is 12.8 Å². The fourth-order valence-electron chi connectivity index (χ4n) is 1.85. The third-order valence-electron chi connectivity index (χ3n) is 2.71. The van der Waals surface area contributed by atoms with Gasteiger partial charge in [0.2, 0.25) is 0 Å². The molecule has 0 bridgehead atoms. The van der Waals surface area contributed by atoms with E-state index in [0.29, 0.717) is 11.7 Å². The molecule has 1 aliphatic carbocycles. The SMILES string of the molecule is O=S1(=O)Cc2oc(C3CC3)c(Br)c2C1. The van der Waals surface area contributed by atoms with E-state index in [-0.39, 0.29) is 11.5 Å². The Bertz CT molecular complexity index is 496. The molecule has 2 aliphatic rings. The summed E-state index contributed by atoms with van der Waals surface area (Å²) in [5.74, 6) is 2.36. The molecule has 0 atom stereocenters. The highest BCUT2D eigenvalue weighted by atomic mass is 79.9. The number of hydrogen-bond donors (Lipinski definition) is 0. The van der Waals surface area contributed by atoms with E-state index < -0.39 is 9.84 Å². The Balaban J connectivity index is 2.10. The molecule has 1 aromatic heterocycles. The van der Waals surface area contributed by atoms with Gasteiger partial charge in [-0.15, -0.1) is 0 Å². The minimum atomic E-state index is -2.93. The zero-order chi connectivity index (χ0) is 9.92. The van der Waals surface area contributed by atoms with E-state index in [2.05, 4.69) is 15.9 Å². The molecule has 2 heterocycles. The van der Waals surface area contributed by atoms with Gasteiger partial charge < -0.3 is 4.42 Å². The summed E-state index contributed by atoms with van der Waals surface area (Å²) in [5, 5.41) is 0. The van der Waals surface area contributed by atoms with Crippen molar-refractivity contribution in [2.45, 2.75) is 30.3 Å². The average molecular weight is 277 g/mol. The molecule has 0 N–H and O–H groups in total. The van der Waals surface area contributed by atoms with Gasteiger partial charge in [0.05, 0.1) is 10.2 Å². The molecule has 1 aliphatic heterocycles. The quantitative estimate of drug-likeness (QED) is 0.791. The Morgan fingerprint density at radius 1 is 1.29 bits per heavy atom. The lowest BCUT2D eigenvalue weighted by molar-refractivity contribution is 0.477. The van der Waals surface area contributed by atoms with Gasteiger partial charge >= 0.3 is 0 Å². The first-order valence-electron chi connectivity index (χ1n) is 4.57. The first kappa shape index (κ1) is 8.97. The standard InChI is InChI=1S/C9H9BrO3S/c10-8-6-3-14(11,12)4-7(6)13-9(8)5-1-2-5/h5H,1-4H2. The van der Waals surface area contributed by atoms with Gasteiger partial charge in [0.15, 0.2) is 9.84 Å². The van der Waals surface area contributed by atoms with Gasteiger partial charge in [0.1, 0.15) is 17.3 Å². The Hall–Kier alpha value is -0.290. The maximum Gasteiger partial charge on any atom is 0.161 e. The van der Waals surface area contributed by atoms with Crippen LogP contribution in [0.25, 0.3) is 0 Å². The van der Waals surface area contributed by atoms with Crippen molar-refractivity contribution >= 4 is 25.8 Å². The molecule has 1 saturated carbocycles. The Kier molecular flexibility index (Phi) is 1.69. The lowest BCUT2D eigenvalue weighted by Crippen LogP contribution is -1.97. The molecule has 5 heteroatoms. The van der Waals surface area contributed by atoms with Gasteiger partial charge in [-0.05, 0) is 28.8 Å². The Labute approximate surface area is 90.5 Å². The van der Waals surface area contributed by atoms with Gasteiger partial charge in [-0.1, -0.05) is 0 Å². The fraction of sp³-hybridized carbons (Fsp3) is 0.556. The first-order chi connectivity index (χ1) is 6.57. The zero-order valence-electron chi connectivity index (χ0n) is 7.42. The number of sulfone groups is 1. The molecule has 0 radical (unpaired) electrons. The van der Waals surface area contributed by atoms with Crippen molar-refractivity contribution in [3.8, 4) is 0 Å². The lowest BCUT2D eigenvalue weighted by Gasteiger charge is -1.95. The van der Waals surface area contributed by atoms with E-state index in [1.54, 1.807) is 0 Å². The van der Waals surface area contributed by atoms with E-state index >= 15 is 0 Å². The molecular weight excluding hydrogens is 268 g/mol. The normalized spacial score (nSPS) is 23.8. The number of halogens is 1. The molecule has 0 unspecified atom stereocenters. The molecule has 14 heavy (non-hydrogen) atoms. The monoisotopic (exact) mass is 276 g/mol. The molecule has 1 fully saturated rings. The van der Waals surface area contributed by atoms with E-state index in [9.17, 15) is 8.42 Å². The van der Waals surface area contributed by atoms with E-state index in [1.165, 1.54) is 0 Å². The second kappa shape index (κ2) is 2.64. The summed E-state index contributed by atoms with van der Waals surface area (Å²) >= 11 is 3.44. The summed E-state index contributed by atoms with van der Waals surface area (Å²) < 4.78 is 29.1. The lowest BCUT2D eigenvalue weighted by atomic mass is 10.2. The van der Waals surface area contributed by atoms with Crippen LogP contribution in [0.5, 0.6) is 0 Å². The van der Waals surface area contributed by atoms with E-state index in [4.69, 9.17) is 4.42 Å². The Morgan fingerprint density at radius 3 is 2.57 bits per heavy atom. The molecule has 1 aromatic rings. The van der Waals surface area contributed by atoms with Gasteiger partial charge in [-0.2, -0.15) is 0 Å². The van der Waals surface area contributed by atoms with Crippen LogP contribution >= 0.6 is 15.9 Å². The zero-order valence-corrected chi connectivity index (χ0v) is 9.82. The summed E-state index contributed by atoms with van der Waals surface area (Å²) in [5.41, 5.74) is 0.854. The summed E-state index contributed by atoms with van der Waals surface area (Å²) in [6.07, 6.45) is 2.33. The minimum absolute atomic E-state index is 0.0770. The molecule has 3 nitrogen and oxygen atoms in total. The highest BCUT2D eigenvalue weighted by Gasteiger charge is 2.37. The van der Waals surface area contributed by atoms with Gasteiger partial charge in [0.25, 0.3) is 0 Å². The molecule has 3 rings (SSSR count). The van der Waals surface area contributed by atoms with Crippen molar-refractivity contribution in [3.63, 3.8) is 0 Å². The van der Waals surface area contributed by atoms with Crippen LogP contribution in [0.2, 0.25) is 0 Å². The predicted molar refractivity (Wildman–Crippen MR) is 54.7 cm³/mol. The maximum atomic E-state index is 11.3. The van der Waals surface area contributed by atoms with Crippen LogP contribution in [0.4, 0.5) is 0 Å². The largest absolute Gasteiger partial charge is 0.463 e. The van der Waals surface area contributed by atoms with Crippen molar-refractivity contribution in [1.29, 1.82) is 0 Å². The van der Waals surface area contributed by atoms with Crippen LogP contribution in [0, 0.1) is 0 Å². The van der Waals surface area contributed by atoms with E-state index in [0.717, 1.165) is 28.6 Å². The highest BCUT2D eigenvalue weighted by Crippen LogP contribution is 2.48. The van der Waals surface area contributed by atoms with Crippen molar-refractivity contribution in [2.75, 3.05) is 0 Å². The van der Waals surface area contributed by atoms with Crippen LogP contribution in [-0.4, -0.2) is 8.42 Å². The summed E-state index contributed by atoms with van der Waals surface area (Å²) in [6, 6.07) is 0. The predicted octanol–water partition coefficient (Wildman–Crippen LogP) is 2.35. The highest BCUT2D eigenvalue weighted by molar-refractivity contribution is 9.10. The average Bonchev–Trinajstić information content (AvgIpc) is 2.81. The van der Waals surface area contributed by atoms with Crippen molar-refractivity contribution in [3.05, 3.63) is 21.6 Å². The summed E-state index contributed by atoms with van der Waals surface area (Å²) in [4.78, 5) is 0. The van der Waals surface area contributed by atoms with Gasteiger partial charge in [-0.3, -0.25) is 0 Å². The third-order valence-corrected chi connectivity index (χ3v) is 5.01.